The number of fused-ring (bicyclic) bond motifs is 1. The maximum Gasteiger partial charge on any atom is 0.270 e. The first-order valence-corrected chi connectivity index (χ1v) is 10.2. The number of nitrogens with zero attached hydrogens (tertiary/aromatic N) is 2. The van der Waals surface area contributed by atoms with E-state index in [1.165, 1.54) is 0 Å². The summed E-state index contributed by atoms with van der Waals surface area (Å²) in [7, 11) is 0. The number of hydrogen-bond acceptors (Lipinski definition) is 6. The van der Waals surface area contributed by atoms with Crippen LogP contribution in [0.1, 0.15) is 26.4 Å². The van der Waals surface area contributed by atoms with E-state index in [0.717, 1.165) is 33.4 Å². The highest BCUT2D eigenvalue weighted by Crippen LogP contribution is 2.31. The molecule has 0 spiro atoms. The lowest BCUT2D eigenvalue weighted by atomic mass is 10.1. The van der Waals surface area contributed by atoms with Crippen LogP contribution in [0.15, 0.2) is 66.7 Å². The Labute approximate surface area is 182 Å². The molecule has 0 aliphatic heterocycles. The Kier molecular flexibility index (Phi) is 5.60. The number of carbonyl (C=O) groups excluding carboxylic acids is 2. The third-order valence-corrected chi connectivity index (χ3v) is 5.47. The third-order valence-electron chi connectivity index (χ3n) is 4.59. The molecule has 0 atom stereocenters. The topological polar surface area (TPSA) is 121 Å². The smallest absolute Gasteiger partial charge is 0.270 e. The monoisotopic (exact) mass is 427 g/mol. The van der Waals surface area contributed by atoms with E-state index >= 15 is 0 Å². The number of nitriles is 1. The van der Waals surface area contributed by atoms with E-state index in [1.807, 2.05) is 42.5 Å². The number of thiazole rings is 1. The first kappa shape index (κ1) is 20.1. The Morgan fingerprint density at radius 3 is 2.48 bits per heavy atom. The van der Waals surface area contributed by atoms with Gasteiger partial charge in [0.15, 0.2) is 10.8 Å². The van der Waals surface area contributed by atoms with E-state index < -0.39 is 11.8 Å². The Morgan fingerprint density at radius 1 is 1.03 bits per heavy atom. The summed E-state index contributed by atoms with van der Waals surface area (Å²) in [6.07, 6.45) is 0.270. The minimum Gasteiger partial charge on any atom is -0.364 e. The van der Waals surface area contributed by atoms with E-state index in [2.05, 4.69) is 21.7 Å². The second kappa shape index (κ2) is 8.65. The number of nitrogens with one attached hydrogen (secondary N) is 2. The van der Waals surface area contributed by atoms with Gasteiger partial charge in [0.1, 0.15) is 5.00 Å². The average Bonchev–Trinajstić information content (AvgIpc) is 3.16. The van der Waals surface area contributed by atoms with Crippen molar-refractivity contribution in [3.63, 3.8) is 0 Å². The first-order chi connectivity index (χ1) is 15.0. The van der Waals surface area contributed by atoms with Crippen molar-refractivity contribution in [1.82, 2.24) is 4.98 Å². The van der Waals surface area contributed by atoms with E-state index in [0.29, 0.717) is 10.7 Å². The second-order valence-electron chi connectivity index (χ2n) is 6.73. The summed E-state index contributed by atoms with van der Waals surface area (Å²) >= 11 is 1.12. The number of primary amides is 1. The van der Waals surface area contributed by atoms with Gasteiger partial charge in [0.05, 0.1) is 12.5 Å². The molecule has 4 aromatic rings. The van der Waals surface area contributed by atoms with Crippen LogP contribution in [-0.2, 0) is 6.42 Å². The van der Waals surface area contributed by atoms with Crippen molar-refractivity contribution < 1.29 is 9.59 Å². The quantitative estimate of drug-likeness (QED) is 0.420. The van der Waals surface area contributed by atoms with Gasteiger partial charge in [-0.3, -0.25) is 9.59 Å². The van der Waals surface area contributed by atoms with Gasteiger partial charge in [-0.2, -0.15) is 5.26 Å². The van der Waals surface area contributed by atoms with E-state index in [1.54, 1.807) is 24.3 Å². The van der Waals surface area contributed by atoms with Gasteiger partial charge in [0, 0.05) is 11.3 Å². The molecule has 0 unspecified atom stereocenters. The van der Waals surface area contributed by atoms with Gasteiger partial charge < -0.3 is 16.4 Å². The van der Waals surface area contributed by atoms with Crippen molar-refractivity contribution in [2.24, 2.45) is 5.73 Å². The fourth-order valence-electron chi connectivity index (χ4n) is 3.06. The lowest BCUT2D eigenvalue weighted by Gasteiger charge is -2.05. The van der Waals surface area contributed by atoms with Gasteiger partial charge >= 0.3 is 0 Å². The molecule has 0 aliphatic carbocycles. The van der Waals surface area contributed by atoms with Crippen molar-refractivity contribution in [3.8, 4) is 6.07 Å². The van der Waals surface area contributed by atoms with Crippen LogP contribution in [0.2, 0.25) is 0 Å². The fraction of sp³-hybridized carbons (Fsp3) is 0.0435. The summed E-state index contributed by atoms with van der Waals surface area (Å²) in [5.74, 6) is -1.13. The number of amides is 2. The van der Waals surface area contributed by atoms with Gasteiger partial charge in [0.25, 0.3) is 11.8 Å². The number of anilines is 3. The van der Waals surface area contributed by atoms with Crippen molar-refractivity contribution in [1.29, 1.82) is 5.26 Å². The number of hydrogen-bond donors (Lipinski definition) is 3. The van der Waals surface area contributed by atoms with Crippen LogP contribution in [0.3, 0.4) is 0 Å². The molecule has 0 radical (unpaired) electrons. The highest BCUT2D eigenvalue weighted by molar-refractivity contribution is 7.20. The molecule has 0 fully saturated rings. The zero-order chi connectivity index (χ0) is 21.8. The number of aromatic nitrogens is 1. The molecule has 2 amide bonds. The largest absolute Gasteiger partial charge is 0.364 e. The molecule has 4 rings (SSSR count). The molecule has 152 valence electrons. The maximum absolute atomic E-state index is 12.6. The molecule has 0 aliphatic rings. The number of carbonyl (C=O) groups is 2. The summed E-state index contributed by atoms with van der Waals surface area (Å²) in [6.45, 7) is 0. The molecule has 7 nitrogen and oxygen atoms in total. The summed E-state index contributed by atoms with van der Waals surface area (Å²) < 4.78 is 0. The van der Waals surface area contributed by atoms with Crippen LogP contribution in [0, 0.1) is 11.3 Å². The standard InChI is InChI=1S/C23H17N5O2S/c24-12-11-14-5-7-16(8-6-14)21(30)28-22-19(20(25)29)27-23(31-22)26-18-10-9-15-3-1-2-4-17(15)13-18/h1-10,13H,11H2,(H2,25,29)(H,26,27)(H,28,30). The van der Waals surface area contributed by atoms with Crippen LogP contribution in [0.5, 0.6) is 0 Å². The predicted molar refractivity (Wildman–Crippen MR) is 122 cm³/mol. The second-order valence-corrected chi connectivity index (χ2v) is 7.73. The van der Waals surface area contributed by atoms with Crippen molar-refractivity contribution >= 4 is 49.7 Å². The molecule has 0 saturated carbocycles. The van der Waals surface area contributed by atoms with Gasteiger partial charge in [-0.1, -0.05) is 53.8 Å². The minimum absolute atomic E-state index is 0.0114. The lowest BCUT2D eigenvalue weighted by Crippen LogP contribution is -2.17. The Balaban J connectivity index is 1.55. The number of nitrogens with two attached hydrogens (primary N) is 1. The summed E-state index contributed by atoms with van der Waals surface area (Å²) in [5, 5.41) is 17.5. The van der Waals surface area contributed by atoms with Crippen molar-refractivity contribution in [3.05, 3.63) is 83.6 Å². The van der Waals surface area contributed by atoms with E-state index in [9.17, 15) is 9.59 Å². The van der Waals surface area contributed by atoms with E-state index in [-0.39, 0.29) is 17.1 Å². The molecule has 0 saturated heterocycles. The minimum atomic E-state index is -0.734. The Morgan fingerprint density at radius 2 is 1.77 bits per heavy atom. The number of rotatable bonds is 6. The highest BCUT2D eigenvalue weighted by atomic mass is 32.1. The molecule has 3 aromatic carbocycles. The molecule has 31 heavy (non-hydrogen) atoms. The molecular formula is C23H17N5O2S. The van der Waals surface area contributed by atoms with E-state index in [4.69, 9.17) is 11.0 Å². The summed E-state index contributed by atoms with van der Waals surface area (Å²) in [6, 6.07) is 22.6. The Hall–Kier alpha value is -4.22. The molecule has 1 aromatic heterocycles. The number of benzene rings is 3. The molecular weight excluding hydrogens is 410 g/mol. The highest BCUT2D eigenvalue weighted by Gasteiger charge is 2.19. The normalized spacial score (nSPS) is 10.4. The first-order valence-electron chi connectivity index (χ1n) is 9.37. The third kappa shape index (κ3) is 4.52. The lowest BCUT2D eigenvalue weighted by molar-refractivity contribution is 0.0997. The molecule has 4 N–H and O–H groups in total. The van der Waals surface area contributed by atoms with Gasteiger partial charge in [-0.25, -0.2) is 4.98 Å². The van der Waals surface area contributed by atoms with Crippen molar-refractivity contribution in [2.45, 2.75) is 6.42 Å². The zero-order valence-electron chi connectivity index (χ0n) is 16.3. The molecule has 0 bridgehead atoms. The Bertz CT molecular complexity index is 1320. The summed E-state index contributed by atoms with van der Waals surface area (Å²) in [5.41, 5.74) is 7.46. The molecule has 1 heterocycles. The van der Waals surface area contributed by atoms with Gasteiger partial charge in [0.2, 0.25) is 0 Å². The van der Waals surface area contributed by atoms with Crippen LogP contribution >= 0.6 is 11.3 Å². The predicted octanol–water partition coefficient (Wildman–Crippen LogP) is 4.46. The molecule has 8 heteroatoms. The maximum atomic E-state index is 12.6. The van der Waals surface area contributed by atoms with Gasteiger partial charge in [-0.05, 0) is 40.6 Å². The SMILES string of the molecule is N#CCc1ccc(C(=O)Nc2sc(Nc3ccc4ccccc4c3)nc2C(N)=O)cc1. The summed E-state index contributed by atoms with van der Waals surface area (Å²) in [4.78, 5) is 28.7. The van der Waals surface area contributed by atoms with Crippen LogP contribution in [0.4, 0.5) is 15.8 Å². The van der Waals surface area contributed by atoms with Crippen LogP contribution < -0.4 is 16.4 Å². The average molecular weight is 427 g/mol. The van der Waals surface area contributed by atoms with Gasteiger partial charge in [-0.15, -0.1) is 0 Å². The fourth-order valence-corrected chi connectivity index (χ4v) is 3.94. The van der Waals surface area contributed by atoms with Crippen LogP contribution in [-0.4, -0.2) is 16.8 Å². The zero-order valence-corrected chi connectivity index (χ0v) is 17.1. The van der Waals surface area contributed by atoms with Crippen LogP contribution in [0.25, 0.3) is 10.8 Å². The van der Waals surface area contributed by atoms with Crippen molar-refractivity contribution in [2.75, 3.05) is 10.6 Å².